The summed E-state index contributed by atoms with van der Waals surface area (Å²) in [6.07, 6.45) is 2.15. The van der Waals surface area contributed by atoms with E-state index in [0.717, 1.165) is 6.61 Å². The predicted molar refractivity (Wildman–Crippen MR) is 56.5 cm³/mol. The zero-order valence-corrected chi connectivity index (χ0v) is 10.4. The molecule has 1 unspecified atom stereocenters. The maximum atomic E-state index is 5.33. The standard InChI is InChI=1S/C9H18O5Si/c1-10-15(11-2,12-3)6-4-5-13-7-9-8-14-9/h4,6,9H,5,7-8H2,1-3H3. The van der Waals surface area contributed by atoms with Crippen molar-refractivity contribution in [2.45, 2.75) is 6.10 Å². The second kappa shape index (κ2) is 6.36. The second-order valence-corrected chi connectivity index (χ2v) is 5.88. The molecule has 1 atom stereocenters. The molecular formula is C9H18O5Si. The van der Waals surface area contributed by atoms with Gasteiger partial charge in [0.25, 0.3) is 0 Å². The Bertz CT molecular complexity index is 192. The molecule has 0 bridgehead atoms. The molecule has 1 aliphatic rings. The lowest BCUT2D eigenvalue weighted by Gasteiger charge is -2.20. The van der Waals surface area contributed by atoms with Gasteiger partial charge in [0.15, 0.2) is 0 Å². The summed E-state index contributed by atoms with van der Waals surface area (Å²) in [4.78, 5) is 0. The summed E-state index contributed by atoms with van der Waals surface area (Å²) >= 11 is 0. The van der Waals surface area contributed by atoms with E-state index in [1.54, 1.807) is 27.0 Å². The summed E-state index contributed by atoms with van der Waals surface area (Å²) in [5.41, 5.74) is 1.81. The summed E-state index contributed by atoms with van der Waals surface area (Å²) < 4.78 is 25.9. The van der Waals surface area contributed by atoms with Gasteiger partial charge in [-0.05, 0) is 5.70 Å². The van der Waals surface area contributed by atoms with Gasteiger partial charge in [-0.1, -0.05) is 6.08 Å². The van der Waals surface area contributed by atoms with Crippen LogP contribution in [-0.2, 0) is 22.8 Å². The fourth-order valence-electron chi connectivity index (χ4n) is 1.08. The van der Waals surface area contributed by atoms with Crippen molar-refractivity contribution in [1.29, 1.82) is 0 Å². The first kappa shape index (κ1) is 12.8. The van der Waals surface area contributed by atoms with Gasteiger partial charge in [-0.3, -0.25) is 0 Å². The minimum absolute atomic E-state index is 0.299. The Hall–Kier alpha value is -0.243. The van der Waals surface area contributed by atoms with E-state index in [9.17, 15) is 0 Å². The normalized spacial score (nSPS) is 21.1. The zero-order chi connectivity index (χ0) is 11.1. The summed E-state index contributed by atoms with van der Waals surface area (Å²) in [5.74, 6) is 0. The third-order valence-electron chi connectivity index (χ3n) is 2.10. The van der Waals surface area contributed by atoms with Gasteiger partial charge < -0.3 is 22.8 Å². The minimum atomic E-state index is -2.57. The molecule has 0 spiro atoms. The summed E-state index contributed by atoms with van der Waals surface area (Å²) in [6, 6.07) is 0. The fourth-order valence-corrected chi connectivity index (χ4v) is 2.37. The van der Waals surface area contributed by atoms with Crippen LogP contribution >= 0.6 is 0 Å². The molecule has 0 radical (unpaired) electrons. The van der Waals surface area contributed by atoms with Crippen LogP contribution in [0.3, 0.4) is 0 Å². The molecule has 0 aromatic carbocycles. The highest BCUT2D eigenvalue weighted by atomic mass is 28.4. The molecule has 0 aromatic heterocycles. The van der Waals surface area contributed by atoms with Gasteiger partial charge in [0, 0.05) is 21.3 Å². The maximum Gasteiger partial charge on any atom is 0.528 e. The van der Waals surface area contributed by atoms with E-state index in [-0.39, 0.29) is 0 Å². The van der Waals surface area contributed by atoms with Crippen LogP contribution in [0.4, 0.5) is 0 Å². The Morgan fingerprint density at radius 1 is 1.27 bits per heavy atom. The molecule has 0 aliphatic carbocycles. The predicted octanol–water partition coefficient (Wildman–Crippen LogP) is 0.375. The molecule has 15 heavy (non-hydrogen) atoms. The minimum Gasteiger partial charge on any atom is -0.375 e. The van der Waals surface area contributed by atoms with Gasteiger partial charge in [-0.2, -0.15) is 0 Å². The molecule has 1 saturated heterocycles. The first-order chi connectivity index (χ1) is 7.26. The van der Waals surface area contributed by atoms with Crippen molar-refractivity contribution in [3.05, 3.63) is 11.8 Å². The summed E-state index contributed by atoms with van der Waals surface area (Å²) in [5, 5.41) is 0. The molecule has 0 amide bonds. The number of hydrogen-bond acceptors (Lipinski definition) is 5. The highest BCUT2D eigenvalue weighted by Gasteiger charge is 2.34. The molecular weight excluding hydrogens is 216 g/mol. The Labute approximate surface area is 91.3 Å². The lowest BCUT2D eigenvalue weighted by molar-refractivity contribution is 0.133. The van der Waals surface area contributed by atoms with Crippen LogP contribution in [0, 0.1) is 0 Å². The topological polar surface area (TPSA) is 49.5 Å². The molecule has 0 aromatic rings. The Morgan fingerprint density at radius 2 is 1.87 bits per heavy atom. The Morgan fingerprint density at radius 3 is 2.33 bits per heavy atom. The van der Waals surface area contributed by atoms with E-state index < -0.39 is 8.80 Å². The number of epoxide rings is 1. The van der Waals surface area contributed by atoms with Crippen molar-refractivity contribution < 1.29 is 22.8 Å². The summed E-state index contributed by atoms with van der Waals surface area (Å²) in [7, 11) is 2.14. The van der Waals surface area contributed by atoms with Gasteiger partial charge in [-0.15, -0.1) is 0 Å². The van der Waals surface area contributed by atoms with Gasteiger partial charge in [-0.25, -0.2) is 0 Å². The number of ether oxygens (including phenoxy) is 2. The lowest BCUT2D eigenvalue weighted by atomic mass is 10.5. The van der Waals surface area contributed by atoms with Crippen LogP contribution in [0.25, 0.3) is 0 Å². The highest BCUT2D eigenvalue weighted by Crippen LogP contribution is 2.09. The van der Waals surface area contributed by atoms with Crippen LogP contribution in [0.1, 0.15) is 0 Å². The van der Waals surface area contributed by atoms with Gasteiger partial charge in [0.2, 0.25) is 0 Å². The van der Waals surface area contributed by atoms with E-state index >= 15 is 0 Å². The quantitative estimate of drug-likeness (QED) is 0.345. The van der Waals surface area contributed by atoms with Gasteiger partial charge >= 0.3 is 8.80 Å². The molecule has 1 aliphatic heterocycles. The van der Waals surface area contributed by atoms with Crippen molar-refractivity contribution in [3.63, 3.8) is 0 Å². The van der Waals surface area contributed by atoms with E-state index in [1.807, 2.05) is 6.08 Å². The van der Waals surface area contributed by atoms with Crippen molar-refractivity contribution in [3.8, 4) is 0 Å². The fraction of sp³-hybridized carbons (Fsp3) is 0.778. The van der Waals surface area contributed by atoms with Crippen LogP contribution in [0.5, 0.6) is 0 Å². The third kappa shape index (κ3) is 4.41. The third-order valence-corrected chi connectivity index (χ3v) is 4.45. The number of rotatable bonds is 8. The van der Waals surface area contributed by atoms with E-state index in [2.05, 4.69) is 0 Å². The SMILES string of the molecule is CO[Si](C=CCOCC1CO1)(OC)OC. The van der Waals surface area contributed by atoms with Crippen LogP contribution < -0.4 is 0 Å². The van der Waals surface area contributed by atoms with Gasteiger partial charge in [0.05, 0.1) is 19.8 Å². The smallest absolute Gasteiger partial charge is 0.375 e. The molecule has 6 heteroatoms. The largest absolute Gasteiger partial charge is 0.528 e. The maximum absolute atomic E-state index is 5.33. The van der Waals surface area contributed by atoms with Crippen molar-refractivity contribution in [2.75, 3.05) is 41.2 Å². The van der Waals surface area contributed by atoms with Gasteiger partial charge in [0.1, 0.15) is 6.10 Å². The molecule has 0 saturated carbocycles. The number of hydrogen-bond donors (Lipinski definition) is 0. The van der Waals surface area contributed by atoms with Crippen molar-refractivity contribution in [1.82, 2.24) is 0 Å². The van der Waals surface area contributed by atoms with Crippen LogP contribution in [-0.4, -0.2) is 56.1 Å². The lowest BCUT2D eigenvalue weighted by Crippen LogP contribution is -2.41. The van der Waals surface area contributed by atoms with Crippen LogP contribution in [0.15, 0.2) is 11.8 Å². The Kier molecular flexibility index (Phi) is 5.44. The molecule has 1 fully saturated rings. The summed E-state index contributed by atoms with van der Waals surface area (Å²) in [6.45, 7) is 1.98. The first-order valence-electron chi connectivity index (χ1n) is 4.79. The van der Waals surface area contributed by atoms with E-state index in [1.165, 1.54) is 0 Å². The average molecular weight is 234 g/mol. The van der Waals surface area contributed by atoms with Crippen LogP contribution in [0.2, 0.25) is 0 Å². The Balaban J connectivity index is 2.19. The first-order valence-corrected chi connectivity index (χ1v) is 6.59. The van der Waals surface area contributed by atoms with Crippen molar-refractivity contribution in [2.24, 2.45) is 0 Å². The van der Waals surface area contributed by atoms with E-state index in [0.29, 0.717) is 19.3 Å². The zero-order valence-electron chi connectivity index (χ0n) is 9.39. The average Bonchev–Trinajstić information content (AvgIpc) is 3.08. The van der Waals surface area contributed by atoms with E-state index in [4.69, 9.17) is 22.8 Å². The monoisotopic (exact) mass is 234 g/mol. The second-order valence-electron chi connectivity index (χ2n) is 3.11. The molecule has 88 valence electrons. The highest BCUT2D eigenvalue weighted by molar-refractivity contribution is 6.66. The molecule has 1 rings (SSSR count). The molecule has 1 heterocycles. The molecule has 5 nitrogen and oxygen atoms in total. The molecule has 0 N–H and O–H groups in total. The van der Waals surface area contributed by atoms with Crippen molar-refractivity contribution >= 4 is 8.80 Å².